The van der Waals surface area contributed by atoms with Crippen LogP contribution < -0.4 is 15.2 Å². The topological polar surface area (TPSA) is 44.5 Å². The van der Waals surface area contributed by atoms with Gasteiger partial charge in [0.05, 0.1) is 5.02 Å². The molecule has 0 saturated heterocycles. The summed E-state index contributed by atoms with van der Waals surface area (Å²) in [6, 6.07) is 3.93. The van der Waals surface area contributed by atoms with Gasteiger partial charge in [-0.05, 0) is 31.0 Å². The molecular formula is C12H16ClNO2. The summed E-state index contributed by atoms with van der Waals surface area (Å²) in [4.78, 5) is 0. The molecule has 16 heavy (non-hydrogen) atoms. The monoisotopic (exact) mass is 241 g/mol. The fraction of sp³-hybridized carbons (Fsp3) is 0.500. The van der Waals surface area contributed by atoms with Crippen LogP contribution in [0, 0.1) is 0 Å². The van der Waals surface area contributed by atoms with Crippen LogP contribution in [-0.4, -0.2) is 11.8 Å². The largest absolute Gasteiger partial charge is 0.449 e. The van der Waals surface area contributed by atoms with Crippen LogP contribution in [0.1, 0.15) is 26.3 Å². The Morgan fingerprint density at radius 3 is 2.69 bits per heavy atom. The lowest BCUT2D eigenvalue weighted by Crippen LogP contribution is -2.29. The van der Waals surface area contributed by atoms with Gasteiger partial charge in [-0.3, -0.25) is 0 Å². The standard InChI is InChI=1S/C12H16ClNO2/c1-7(14)4-8-5-9(13)11-10(6-8)15-12(2,3)16-11/h5-7H,4,14H2,1-3H3. The van der Waals surface area contributed by atoms with E-state index in [2.05, 4.69) is 0 Å². The first-order valence-corrected chi connectivity index (χ1v) is 5.71. The van der Waals surface area contributed by atoms with E-state index in [0.717, 1.165) is 12.0 Å². The SMILES string of the molecule is CC(N)Cc1cc(Cl)c2c(c1)OC(C)(C)O2. The summed E-state index contributed by atoms with van der Waals surface area (Å²) in [7, 11) is 0. The van der Waals surface area contributed by atoms with Gasteiger partial charge in [0.25, 0.3) is 0 Å². The fourth-order valence-corrected chi connectivity index (χ4v) is 2.09. The lowest BCUT2D eigenvalue weighted by atomic mass is 10.1. The first kappa shape index (κ1) is 11.6. The van der Waals surface area contributed by atoms with Crippen molar-refractivity contribution in [2.24, 2.45) is 5.73 Å². The Morgan fingerprint density at radius 1 is 1.38 bits per heavy atom. The number of hydrogen-bond acceptors (Lipinski definition) is 3. The Bertz CT molecular complexity index is 416. The molecule has 0 bridgehead atoms. The van der Waals surface area contributed by atoms with Crippen molar-refractivity contribution in [2.45, 2.75) is 39.0 Å². The van der Waals surface area contributed by atoms with Crippen molar-refractivity contribution in [1.29, 1.82) is 0 Å². The summed E-state index contributed by atoms with van der Waals surface area (Å²) in [5.74, 6) is 0.687. The normalized spacial score (nSPS) is 18.6. The average Bonchev–Trinajstić information content (AvgIpc) is 2.38. The third kappa shape index (κ3) is 2.25. The zero-order valence-corrected chi connectivity index (χ0v) is 10.5. The van der Waals surface area contributed by atoms with Crippen LogP contribution in [0.4, 0.5) is 0 Å². The van der Waals surface area contributed by atoms with Crippen molar-refractivity contribution >= 4 is 11.6 Å². The zero-order chi connectivity index (χ0) is 11.9. The van der Waals surface area contributed by atoms with Crippen molar-refractivity contribution < 1.29 is 9.47 Å². The smallest absolute Gasteiger partial charge is 0.246 e. The zero-order valence-electron chi connectivity index (χ0n) is 9.71. The highest BCUT2D eigenvalue weighted by Gasteiger charge is 2.33. The second-order valence-corrected chi connectivity index (χ2v) is 5.10. The van der Waals surface area contributed by atoms with E-state index < -0.39 is 5.79 Å². The Morgan fingerprint density at radius 2 is 2.06 bits per heavy atom. The van der Waals surface area contributed by atoms with Crippen LogP contribution in [0.2, 0.25) is 5.02 Å². The molecule has 0 aromatic heterocycles. The summed E-state index contributed by atoms with van der Waals surface area (Å²) in [6.07, 6.45) is 0.775. The first-order chi connectivity index (χ1) is 7.37. The van der Waals surface area contributed by atoms with Crippen molar-refractivity contribution in [1.82, 2.24) is 0 Å². The van der Waals surface area contributed by atoms with Crippen molar-refractivity contribution in [3.8, 4) is 11.5 Å². The number of halogens is 1. The van der Waals surface area contributed by atoms with Crippen LogP contribution >= 0.6 is 11.6 Å². The lowest BCUT2D eigenvalue weighted by molar-refractivity contribution is -0.0431. The van der Waals surface area contributed by atoms with Gasteiger partial charge in [0.1, 0.15) is 0 Å². The molecule has 0 fully saturated rings. The Hall–Kier alpha value is -0.930. The molecule has 88 valence electrons. The van der Waals surface area contributed by atoms with E-state index in [1.54, 1.807) is 0 Å². The molecule has 1 aromatic carbocycles. The lowest BCUT2D eigenvalue weighted by Gasteiger charge is -2.16. The van der Waals surface area contributed by atoms with E-state index in [1.165, 1.54) is 0 Å². The molecule has 1 aromatic rings. The highest BCUT2D eigenvalue weighted by Crippen LogP contribution is 2.45. The summed E-state index contributed by atoms with van der Waals surface area (Å²) < 4.78 is 11.2. The van der Waals surface area contributed by atoms with E-state index in [0.29, 0.717) is 16.5 Å². The molecule has 0 amide bonds. The predicted molar refractivity (Wildman–Crippen MR) is 64.1 cm³/mol. The molecule has 0 radical (unpaired) electrons. The molecule has 0 aliphatic carbocycles. The maximum absolute atomic E-state index is 6.14. The van der Waals surface area contributed by atoms with E-state index in [1.807, 2.05) is 32.9 Å². The molecule has 1 aliphatic rings. The number of benzene rings is 1. The molecule has 0 spiro atoms. The molecule has 1 unspecified atom stereocenters. The second kappa shape index (κ2) is 3.82. The number of rotatable bonds is 2. The van der Waals surface area contributed by atoms with Crippen molar-refractivity contribution in [3.05, 3.63) is 22.7 Å². The van der Waals surface area contributed by atoms with Gasteiger partial charge in [0.15, 0.2) is 11.5 Å². The first-order valence-electron chi connectivity index (χ1n) is 5.33. The molecule has 2 N–H and O–H groups in total. The number of ether oxygens (including phenoxy) is 2. The quantitative estimate of drug-likeness (QED) is 0.866. The maximum atomic E-state index is 6.14. The van der Waals surface area contributed by atoms with Gasteiger partial charge in [-0.1, -0.05) is 11.6 Å². The summed E-state index contributed by atoms with van der Waals surface area (Å²) in [5.41, 5.74) is 6.83. The summed E-state index contributed by atoms with van der Waals surface area (Å²) >= 11 is 6.14. The molecule has 1 atom stereocenters. The number of fused-ring (bicyclic) bond motifs is 1. The minimum absolute atomic E-state index is 0.101. The molecule has 2 rings (SSSR count). The number of nitrogens with two attached hydrogens (primary N) is 1. The molecule has 3 nitrogen and oxygen atoms in total. The van der Waals surface area contributed by atoms with E-state index in [9.17, 15) is 0 Å². The van der Waals surface area contributed by atoms with Crippen LogP contribution in [0.25, 0.3) is 0 Å². The van der Waals surface area contributed by atoms with Crippen LogP contribution in [0.5, 0.6) is 11.5 Å². The Balaban J connectivity index is 2.34. The van der Waals surface area contributed by atoms with Gasteiger partial charge in [-0.2, -0.15) is 0 Å². The van der Waals surface area contributed by atoms with Crippen molar-refractivity contribution in [3.63, 3.8) is 0 Å². The molecule has 4 heteroatoms. The average molecular weight is 242 g/mol. The van der Waals surface area contributed by atoms with Gasteiger partial charge in [-0.25, -0.2) is 0 Å². The van der Waals surface area contributed by atoms with E-state index >= 15 is 0 Å². The second-order valence-electron chi connectivity index (χ2n) is 4.69. The van der Waals surface area contributed by atoms with Gasteiger partial charge in [-0.15, -0.1) is 0 Å². The predicted octanol–water partition coefficient (Wildman–Crippen LogP) is 2.74. The minimum atomic E-state index is -0.640. The molecular weight excluding hydrogens is 226 g/mol. The Kier molecular flexibility index (Phi) is 2.76. The summed E-state index contributed by atoms with van der Waals surface area (Å²) in [5, 5.41) is 0.582. The molecule has 1 heterocycles. The van der Waals surface area contributed by atoms with Crippen LogP contribution in [-0.2, 0) is 6.42 Å². The van der Waals surface area contributed by atoms with Crippen LogP contribution in [0.3, 0.4) is 0 Å². The third-order valence-corrected chi connectivity index (χ3v) is 2.61. The highest BCUT2D eigenvalue weighted by atomic mass is 35.5. The fourth-order valence-electron chi connectivity index (χ4n) is 1.82. The molecule has 0 saturated carbocycles. The number of hydrogen-bond donors (Lipinski definition) is 1. The van der Waals surface area contributed by atoms with Gasteiger partial charge in [0, 0.05) is 19.9 Å². The van der Waals surface area contributed by atoms with E-state index in [4.69, 9.17) is 26.8 Å². The van der Waals surface area contributed by atoms with Crippen LogP contribution in [0.15, 0.2) is 12.1 Å². The van der Waals surface area contributed by atoms with Gasteiger partial charge >= 0.3 is 0 Å². The Labute approximate surface area is 100 Å². The molecule has 1 aliphatic heterocycles. The van der Waals surface area contributed by atoms with Gasteiger partial charge < -0.3 is 15.2 Å². The van der Waals surface area contributed by atoms with Gasteiger partial charge in [0.2, 0.25) is 5.79 Å². The highest BCUT2D eigenvalue weighted by molar-refractivity contribution is 6.32. The van der Waals surface area contributed by atoms with Crippen molar-refractivity contribution in [2.75, 3.05) is 0 Å². The maximum Gasteiger partial charge on any atom is 0.246 e. The summed E-state index contributed by atoms with van der Waals surface area (Å²) in [6.45, 7) is 5.67. The van der Waals surface area contributed by atoms with E-state index in [-0.39, 0.29) is 6.04 Å². The third-order valence-electron chi connectivity index (χ3n) is 2.33. The minimum Gasteiger partial charge on any atom is -0.449 e.